The summed E-state index contributed by atoms with van der Waals surface area (Å²) in [6.07, 6.45) is 10.9. The van der Waals surface area contributed by atoms with Crippen molar-refractivity contribution < 1.29 is 14.6 Å². The Morgan fingerprint density at radius 2 is 1.90 bits per heavy atom. The van der Waals surface area contributed by atoms with Crippen LogP contribution in [-0.2, 0) is 9.53 Å². The maximum absolute atomic E-state index is 11.9. The van der Waals surface area contributed by atoms with Gasteiger partial charge in [-0.05, 0) is 51.0 Å². The van der Waals surface area contributed by atoms with E-state index in [9.17, 15) is 9.90 Å². The summed E-state index contributed by atoms with van der Waals surface area (Å²) in [4.78, 5) is 11.9. The van der Waals surface area contributed by atoms with E-state index in [1.165, 1.54) is 0 Å². The highest BCUT2D eigenvalue weighted by atomic mass is 16.5. The molecule has 1 saturated carbocycles. The normalized spacial score (nSPS) is 23.4. The summed E-state index contributed by atoms with van der Waals surface area (Å²) in [5, 5.41) is 9.97. The van der Waals surface area contributed by atoms with Gasteiger partial charge in [0.15, 0.2) is 0 Å². The van der Waals surface area contributed by atoms with Crippen LogP contribution in [0.3, 0.4) is 0 Å². The van der Waals surface area contributed by atoms with Gasteiger partial charge < -0.3 is 9.84 Å². The molecule has 3 heteroatoms. The second-order valence-corrected chi connectivity index (χ2v) is 5.56. The number of aliphatic hydroxyl groups excluding tert-OH is 1. The summed E-state index contributed by atoms with van der Waals surface area (Å²) < 4.78 is 5.28. The second-order valence-electron chi connectivity index (χ2n) is 5.56. The molecule has 0 atom stereocenters. The maximum Gasteiger partial charge on any atom is 0.308 e. The Balaban J connectivity index is 2.27. The predicted molar refractivity (Wildman–Crippen MR) is 81.5 cm³/mol. The lowest BCUT2D eigenvalue weighted by molar-refractivity contribution is -0.150. The van der Waals surface area contributed by atoms with E-state index >= 15 is 0 Å². The number of hydrogen-bond acceptors (Lipinski definition) is 3. The van der Waals surface area contributed by atoms with Crippen LogP contribution in [0.4, 0.5) is 0 Å². The Bertz CT molecular complexity index is 325. The third kappa shape index (κ3) is 5.81. The minimum atomic E-state index is -0.0652. The van der Waals surface area contributed by atoms with Gasteiger partial charge in [-0.2, -0.15) is 0 Å². The van der Waals surface area contributed by atoms with Crippen LogP contribution in [-0.4, -0.2) is 17.7 Å². The van der Waals surface area contributed by atoms with Gasteiger partial charge in [0.1, 0.15) is 0 Å². The molecule has 0 aromatic heterocycles. The Labute approximate surface area is 122 Å². The van der Waals surface area contributed by atoms with Crippen molar-refractivity contribution in [1.29, 1.82) is 0 Å². The van der Waals surface area contributed by atoms with Crippen LogP contribution in [0.25, 0.3) is 0 Å². The van der Waals surface area contributed by atoms with Crippen molar-refractivity contribution in [2.24, 2.45) is 11.8 Å². The molecule has 0 radical (unpaired) electrons. The van der Waals surface area contributed by atoms with E-state index in [2.05, 4.69) is 13.5 Å². The number of allylic oxidation sites excluding steroid dienone is 3. The third-order valence-electron chi connectivity index (χ3n) is 3.92. The molecule has 1 rings (SSSR count). The Morgan fingerprint density at radius 3 is 2.50 bits per heavy atom. The fraction of sp³-hybridized carbons (Fsp3) is 0.706. The smallest absolute Gasteiger partial charge is 0.308 e. The van der Waals surface area contributed by atoms with Crippen molar-refractivity contribution >= 4 is 5.97 Å². The van der Waals surface area contributed by atoms with Crippen LogP contribution in [0.1, 0.15) is 58.3 Å². The van der Waals surface area contributed by atoms with E-state index in [-0.39, 0.29) is 17.8 Å². The summed E-state index contributed by atoms with van der Waals surface area (Å²) >= 11 is 0. The summed E-state index contributed by atoms with van der Waals surface area (Å²) in [7, 11) is 0. The summed E-state index contributed by atoms with van der Waals surface area (Å²) in [6, 6.07) is 0. The Hall–Kier alpha value is -1.25. The molecule has 114 valence electrons. The van der Waals surface area contributed by atoms with E-state index < -0.39 is 0 Å². The SMILES string of the molecule is C=CCCCOC(=O)C1CCC(C(O)=CCCC)CC1. The quantitative estimate of drug-likeness (QED) is 0.307. The Kier molecular flexibility index (Phi) is 8.08. The molecule has 0 bridgehead atoms. The van der Waals surface area contributed by atoms with Gasteiger partial charge in [0.25, 0.3) is 0 Å². The molecular weight excluding hydrogens is 252 g/mol. The largest absolute Gasteiger partial charge is 0.512 e. The van der Waals surface area contributed by atoms with Crippen molar-refractivity contribution in [2.75, 3.05) is 6.61 Å². The summed E-state index contributed by atoms with van der Waals surface area (Å²) in [6.45, 7) is 6.24. The number of carbonyl (C=O) groups is 1. The molecule has 0 aliphatic heterocycles. The molecule has 0 aromatic rings. The molecule has 0 aromatic carbocycles. The van der Waals surface area contributed by atoms with E-state index in [1.807, 2.05) is 12.2 Å². The van der Waals surface area contributed by atoms with Gasteiger partial charge in [-0.3, -0.25) is 4.79 Å². The first kappa shape index (κ1) is 16.8. The van der Waals surface area contributed by atoms with Crippen LogP contribution in [0.15, 0.2) is 24.5 Å². The molecule has 1 aliphatic rings. The minimum absolute atomic E-state index is 0.0222. The van der Waals surface area contributed by atoms with E-state index in [0.717, 1.165) is 51.4 Å². The van der Waals surface area contributed by atoms with Gasteiger partial charge in [0.05, 0.1) is 18.3 Å². The summed E-state index contributed by atoms with van der Waals surface area (Å²) in [5.41, 5.74) is 0. The second kappa shape index (κ2) is 9.62. The highest BCUT2D eigenvalue weighted by Crippen LogP contribution is 2.33. The fourth-order valence-electron chi connectivity index (χ4n) is 2.60. The lowest BCUT2D eigenvalue weighted by Gasteiger charge is -2.26. The van der Waals surface area contributed by atoms with Crippen molar-refractivity contribution in [3.63, 3.8) is 0 Å². The van der Waals surface area contributed by atoms with Gasteiger partial charge in [0.2, 0.25) is 0 Å². The molecule has 1 fully saturated rings. The van der Waals surface area contributed by atoms with Crippen LogP contribution < -0.4 is 0 Å². The average Bonchev–Trinajstić information content (AvgIpc) is 2.49. The summed E-state index contributed by atoms with van der Waals surface area (Å²) in [5.74, 6) is 0.717. The monoisotopic (exact) mass is 280 g/mol. The van der Waals surface area contributed by atoms with Gasteiger partial charge in [-0.1, -0.05) is 19.4 Å². The minimum Gasteiger partial charge on any atom is -0.512 e. The average molecular weight is 280 g/mol. The number of hydrogen-bond donors (Lipinski definition) is 1. The maximum atomic E-state index is 11.9. The highest BCUT2D eigenvalue weighted by Gasteiger charge is 2.28. The predicted octanol–water partition coefficient (Wildman–Crippen LogP) is 4.54. The van der Waals surface area contributed by atoms with Gasteiger partial charge in [-0.25, -0.2) is 0 Å². The molecule has 0 spiro atoms. The number of unbranched alkanes of at least 4 members (excludes halogenated alkanes) is 2. The number of esters is 1. The third-order valence-corrected chi connectivity index (χ3v) is 3.92. The van der Waals surface area contributed by atoms with Crippen molar-refractivity contribution in [1.82, 2.24) is 0 Å². The molecule has 0 amide bonds. The molecule has 3 nitrogen and oxygen atoms in total. The molecule has 0 unspecified atom stereocenters. The van der Waals surface area contributed by atoms with Gasteiger partial charge in [0, 0.05) is 5.92 Å². The van der Waals surface area contributed by atoms with Crippen LogP contribution >= 0.6 is 0 Å². The van der Waals surface area contributed by atoms with Crippen molar-refractivity contribution in [3.8, 4) is 0 Å². The first-order valence-electron chi connectivity index (χ1n) is 7.85. The number of ether oxygens (including phenoxy) is 1. The zero-order chi connectivity index (χ0) is 14.8. The lowest BCUT2D eigenvalue weighted by atomic mass is 9.81. The van der Waals surface area contributed by atoms with E-state index in [0.29, 0.717) is 12.4 Å². The highest BCUT2D eigenvalue weighted by molar-refractivity contribution is 5.72. The van der Waals surface area contributed by atoms with E-state index in [1.54, 1.807) is 0 Å². The number of rotatable bonds is 8. The molecular formula is C17H28O3. The zero-order valence-corrected chi connectivity index (χ0v) is 12.6. The van der Waals surface area contributed by atoms with Crippen LogP contribution in [0.5, 0.6) is 0 Å². The molecule has 1 N–H and O–H groups in total. The topological polar surface area (TPSA) is 46.5 Å². The number of carbonyl (C=O) groups excluding carboxylic acids is 1. The molecule has 0 heterocycles. The lowest BCUT2D eigenvalue weighted by Crippen LogP contribution is -2.24. The molecule has 0 saturated heterocycles. The molecule has 1 aliphatic carbocycles. The first-order valence-corrected chi connectivity index (χ1v) is 7.85. The van der Waals surface area contributed by atoms with Crippen molar-refractivity contribution in [3.05, 3.63) is 24.5 Å². The molecule has 20 heavy (non-hydrogen) atoms. The van der Waals surface area contributed by atoms with Crippen molar-refractivity contribution in [2.45, 2.75) is 58.3 Å². The van der Waals surface area contributed by atoms with Crippen LogP contribution in [0, 0.1) is 11.8 Å². The van der Waals surface area contributed by atoms with Crippen LogP contribution in [0.2, 0.25) is 0 Å². The van der Waals surface area contributed by atoms with E-state index in [4.69, 9.17) is 4.74 Å². The fourth-order valence-corrected chi connectivity index (χ4v) is 2.60. The standard InChI is InChI=1S/C17H28O3/c1-3-5-7-13-20-17(19)15-11-9-14(10-12-15)16(18)8-6-4-2/h3,8,14-15,18H,1,4-7,9-13H2,2H3. The van der Waals surface area contributed by atoms with Gasteiger partial charge >= 0.3 is 5.97 Å². The first-order chi connectivity index (χ1) is 9.69. The number of aliphatic hydroxyl groups is 1. The van der Waals surface area contributed by atoms with Gasteiger partial charge in [-0.15, -0.1) is 6.58 Å². The zero-order valence-electron chi connectivity index (χ0n) is 12.6. The Morgan fingerprint density at radius 1 is 1.25 bits per heavy atom.